The Hall–Kier alpha value is -3.23. The lowest BCUT2D eigenvalue weighted by Gasteiger charge is -2.29. The van der Waals surface area contributed by atoms with Crippen LogP contribution in [0.1, 0.15) is 13.8 Å². The molecule has 0 radical (unpaired) electrons. The summed E-state index contributed by atoms with van der Waals surface area (Å²) in [5.74, 6) is -2.69. The van der Waals surface area contributed by atoms with Crippen molar-refractivity contribution in [3.63, 3.8) is 0 Å². The van der Waals surface area contributed by atoms with Crippen molar-refractivity contribution in [2.75, 3.05) is 26.1 Å². The Morgan fingerprint density at radius 1 is 1.19 bits per heavy atom. The summed E-state index contributed by atoms with van der Waals surface area (Å²) in [5, 5.41) is 2.78. The first-order valence-corrected chi connectivity index (χ1v) is 7.57. The highest BCUT2D eigenvalue weighted by molar-refractivity contribution is 6.15. The lowest BCUT2D eigenvalue weighted by Crippen LogP contribution is -2.42. The third-order valence-electron chi connectivity index (χ3n) is 3.24. The third-order valence-corrected chi connectivity index (χ3v) is 3.24. The molecule has 0 amide bonds. The van der Waals surface area contributed by atoms with Crippen molar-refractivity contribution >= 4 is 23.6 Å². The lowest BCUT2D eigenvalue weighted by molar-refractivity contribution is -0.222. The Morgan fingerprint density at radius 3 is 2.42 bits per heavy atom. The van der Waals surface area contributed by atoms with Gasteiger partial charge in [0.15, 0.2) is 12.2 Å². The molecule has 1 N–H and O–H groups in total. The summed E-state index contributed by atoms with van der Waals surface area (Å²) in [6.45, 7) is 2.65. The second kappa shape index (κ2) is 7.77. The van der Waals surface area contributed by atoms with E-state index in [0.29, 0.717) is 17.2 Å². The Balaban J connectivity index is 2.18. The number of cyclic esters (lactones) is 2. The molecule has 1 saturated heterocycles. The van der Waals surface area contributed by atoms with Crippen LogP contribution in [0.4, 0.5) is 5.69 Å². The molecule has 0 aromatic heterocycles. The summed E-state index contributed by atoms with van der Waals surface area (Å²) in [6.07, 6.45) is 1.15. The zero-order valence-electron chi connectivity index (χ0n) is 14.8. The fourth-order valence-corrected chi connectivity index (χ4v) is 2.02. The molecular formula is C17H19NO8. The van der Waals surface area contributed by atoms with Gasteiger partial charge in [0.05, 0.1) is 19.9 Å². The van der Waals surface area contributed by atoms with Gasteiger partial charge in [0.25, 0.3) is 5.79 Å². The second-order valence-electron chi connectivity index (χ2n) is 5.61. The Labute approximate surface area is 149 Å². The molecular weight excluding hydrogens is 346 g/mol. The molecule has 2 rings (SSSR count). The molecule has 1 aromatic carbocycles. The van der Waals surface area contributed by atoms with Gasteiger partial charge in [-0.05, 0) is 12.1 Å². The van der Waals surface area contributed by atoms with Crippen molar-refractivity contribution in [3.05, 3.63) is 30.0 Å². The maximum atomic E-state index is 11.9. The zero-order chi connectivity index (χ0) is 19.3. The molecule has 9 heteroatoms. The standard InChI is InChI=1S/C17H19NO8/c1-17(2)25-15(20)11(16(21)26-17)8-18-12-7-10(5-6-13(12)22-3)24-9-14(19)23-4/h5-8,18H,9H2,1-4H3. The minimum atomic E-state index is -1.31. The zero-order valence-corrected chi connectivity index (χ0v) is 14.8. The van der Waals surface area contributed by atoms with Gasteiger partial charge in [-0.1, -0.05) is 0 Å². The van der Waals surface area contributed by atoms with Crippen molar-refractivity contribution in [3.8, 4) is 11.5 Å². The maximum Gasteiger partial charge on any atom is 0.350 e. The van der Waals surface area contributed by atoms with Crippen LogP contribution in [-0.4, -0.2) is 44.5 Å². The highest BCUT2D eigenvalue weighted by Crippen LogP contribution is 2.30. The first kappa shape index (κ1) is 19.1. The van der Waals surface area contributed by atoms with Crippen LogP contribution in [0.5, 0.6) is 11.5 Å². The molecule has 26 heavy (non-hydrogen) atoms. The number of carbonyl (C=O) groups is 3. The Bertz CT molecular complexity index is 731. The van der Waals surface area contributed by atoms with Gasteiger partial charge < -0.3 is 29.0 Å². The monoisotopic (exact) mass is 365 g/mol. The quantitative estimate of drug-likeness (QED) is 0.454. The van der Waals surface area contributed by atoms with E-state index in [9.17, 15) is 14.4 Å². The highest BCUT2D eigenvalue weighted by Gasteiger charge is 2.39. The van der Waals surface area contributed by atoms with Crippen LogP contribution >= 0.6 is 0 Å². The van der Waals surface area contributed by atoms with Gasteiger partial charge in [0.2, 0.25) is 0 Å². The average Bonchev–Trinajstić information content (AvgIpc) is 2.57. The highest BCUT2D eigenvalue weighted by atomic mass is 16.7. The second-order valence-corrected chi connectivity index (χ2v) is 5.61. The third kappa shape index (κ3) is 4.65. The van der Waals surface area contributed by atoms with Crippen molar-refractivity contribution in [1.29, 1.82) is 0 Å². The smallest absolute Gasteiger partial charge is 0.350 e. The molecule has 0 unspecified atom stereocenters. The topological polar surface area (TPSA) is 109 Å². The molecule has 1 aromatic rings. The van der Waals surface area contributed by atoms with E-state index in [-0.39, 0.29) is 12.2 Å². The predicted octanol–water partition coefficient (Wildman–Crippen LogP) is 1.38. The molecule has 1 aliphatic rings. The van der Waals surface area contributed by atoms with Gasteiger partial charge in [0.1, 0.15) is 11.5 Å². The van der Waals surface area contributed by atoms with Gasteiger partial charge in [-0.15, -0.1) is 0 Å². The first-order valence-electron chi connectivity index (χ1n) is 7.57. The van der Waals surface area contributed by atoms with E-state index < -0.39 is 23.7 Å². The summed E-state index contributed by atoms with van der Waals surface area (Å²) in [4.78, 5) is 35.0. The summed E-state index contributed by atoms with van der Waals surface area (Å²) in [6, 6.07) is 4.71. The van der Waals surface area contributed by atoms with Crippen molar-refractivity contribution in [2.24, 2.45) is 0 Å². The van der Waals surface area contributed by atoms with Crippen molar-refractivity contribution < 1.29 is 38.1 Å². The van der Waals surface area contributed by atoms with Crippen LogP contribution in [0.3, 0.4) is 0 Å². The lowest BCUT2D eigenvalue weighted by atomic mass is 10.2. The van der Waals surface area contributed by atoms with E-state index in [1.165, 1.54) is 34.1 Å². The largest absolute Gasteiger partial charge is 0.495 e. The molecule has 0 saturated carbocycles. The molecule has 9 nitrogen and oxygen atoms in total. The number of ether oxygens (including phenoxy) is 5. The molecule has 0 spiro atoms. The summed E-state index contributed by atoms with van der Waals surface area (Å²) in [5.41, 5.74) is 0.0973. The average molecular weight is 365 g/mol. The van der Waals surface area contributed by atoms with E-state index in [0.717, 1.165) is 6.20 Å². The van der Waals surface area contributed by atoms with E-state index >= 15 is 0 Å². The van der Waals surface area contributed by atoms with Crippen molar-refractivity contribution in [2.45, 2.75) is 19.6 Å². The Morgan fingerprint density at radius 2 is 1.85 bits per heavy atom. The summed E-state index contributed by atoms with van der Waals surface area (Å²) in [7, 11) is 2.71. The molecule has 1 fully saturated rings. The van der Waals surface area contributed by atoms with E-state index in [4.69, 9.17) is 18.9 Å². The summed E-state index contributed by atoms with van der Waals surface area (Å²) >= 11 is 0. The maximum absolute atomic E-state index is 11.9. The van der Waals surface area contributed by atoms with E-state index in [2.05, 4.69) is 10.1 Å². The number of anilines is 1. The SMILES string of the molecule is COC(=O)COc1ccc(OC)c(NC=C2C(=O)OC(C)(C)OC2=O)c1. The number of rotatable bonds is 6. The number of nitrogens with one attached hydrogen (secondary N) is 1. The van der Waals surface area contributed by atoms with Gasteiger partial charge in [0, 0.05) is 26.1 Å². The number of esters is 3. The van der Waals surface area contributed by atoms with Gasteiger partial charge in [-0.3, -0.25) is 0 Å². The molecule has 0 atom stereocenters. The molecule has 0 bridgehead atoms. The van der Waals surface area contributed by atoms with Gasteiger partial charge in [-0.25, -0.2) is 14.4 Å². The van der Waals surface area contributed by atoms with Crippen LogP contribution in [0.2, 0.25) is 0 Å². The fourth-order valence-electron chi connectivity index (χ4n) is 2.02. The van der Waals surface area contributed by atoms with Crippen LogP contribution in [0, 0.1) is 0 Å². The van der Waals surface area contributed by atoms with E-state index in [1.807, 2.05) is 0 Å². The number of hydrogen-bond donors (Lipinski definition) is 1. The molecule has 1 heterocycles. The number of hydrogen-bond acceptors (Lipinski definition) is 9. The van der Waals surface area contributed by atoms with Crippen molar-refractivity contribution in [1.82, 2.24) is 0 Å². The van der Waals surface area contributed by atoms with Crippen LogP contribution in [-0.2, 0) is 28.6 Å². The number of carbonyl (C=O) groups excluding carboxylic acids is 3. The van der Waals surface area contributed by atoms with Crippen LogP contribution < -0.4 is 14.8 Å². The normalized spacial score (nSPS) is 15.5. The first-order chi connectivity index (χ1) is 12.3. The van der Waals surface area contributed by atoms with Crippen LogP contribution in [0.25, 0.3) is 0 Å². The summed E-state index contributed by atoms with van der Waals surface area (Å²) < 4.78 is 25.0. The van der Waals surface area contributed by atoms with Gasteiger partial charge >= 0.3 is 17.9 Å². The van der Waals surface area contributed by atoms with Crippen LogP contribution in [0.15, 0.2) is 30.0 Å². The molecule has 1 aliphatic heterocycles. The van der Waals surface area contributed by atoms with E-state index in [1.54, 1.807) is 12.1 Å². The predicted molar refractivity (Wildman–Crippen MR) is 88.5 cm³/mol. The Kier molecular flexibility index (Phi) is 5.71. The molecule has 140 valence electrons. The van der Waals surface area contributed by atoms with Gasteiger partial charge in [-0.2, -0.15) is 0 Å². The number of benzene rings is 1. The fraction of sp³-hybridized carbons (Fsp3) is 0.353. The minimum Gasteiger partial charge on any atom is -0.495 e. The molecule has 0 aliphatic carbocycles. The number of methoxy groups -OCH3 is 2. The minimum absolute atomic E-state index is 0.267.